The van der Waals surface area contributed by atoms with Crippen LogP contribution in [0.25, 0.3) is 0 Å². The number of hydrogen-bond acceptors (Lipinski definition) is 5. The first-order valence-corrected chi connectivity index (χ1v) is 4.66. The lowest BCUT2D eigenvalue weighted by molar-refractivity contribution is -0.191. The zero-order chi connectivity index (χ0) is 11.4. The SMILES string of the molecule is C#CC[C@@H]1O[C@H](C(OC)OC)[C@@H](O)[C@@H]1O. The highest BCUT2D eigenvalue weighted by Gasteiger charge is 2.46. The summed E-state index contributed by atoms with van der Waals surface area (Å²) in [4.78, 5) is 0. The summed E-state index contributed by atoms with van der Waals surface area (Å²) in [5.74, 6) is 2.38. The third kappa shape index (κ3) is 2.48. The molecule has 1 fully saturated rings. The molecule has 1 aliphatic rings. The summed E-state index contributed by atoms with van der Waals surface area (Å²) in [7, 11) is 2.87. The second-order valence-corrected chi connectivity index (χ2v) is 3.37. The van der Waals surface area contributed by atoms with Crippen LogP contribution >= 0.6 is 0 Å². The maximum Gasteiger partial charge on any atom is 0.185 e. The fourth-order valence-electron chi connectivity index (χ4n) is 1.65. The van der Waals surface area contributed by atoms with E-state index in [1.54, 1.807) is 0 Å². The summed E-state index contributed by atoms with van der Waals surface area (Å²) in [6.07, 6.45) is 1.32. The lowest BCUT2D eigenvalue weighted by Crippen LogP contribution is -2.40. The highest BCUT2D eigenvalue weighted by Crippen LogP contribution is 2.26. The van der Waals surface area contributed by atoms with Gasteiger partial charge in [-0.2, -0.15) is 0 Å². The van der Waals surface area contributed by atoms with E-state index in [2.05, 4.69) is 5.92 Å². The Morgan fingerprint density at radius 2 is 1.93 bits per heavy atom. The molecule has 1 saturated heterocycles. The number of ether oxygens (including phenoxy) is 3. The predicted octanol–water partition coefficient (Wildman–Crippen LogP) is -0.882. The average Bonchev–Trinajstić information content (AvgIpc) is 2.50. The molecule has 86 valence electrons. The van der Waals surface area contributed by atoms with Gasteiger partial charge in [-0.1, -0.05) is 0 Å². The van der Waals surface area contributed by atoms with Gasteiger partial charge in [0.1, 0.15) is 18.3 Å². The van der Waals surface area contributed by atoms with Crippen molar-refractivity contribution in [2.45, 2.75) is 37.1 Å². The molecule has 5 nitrogen and oxygen atoms in total. The number of methoxy groups -OCH3 is 2. The smallest absolute Gasteiger partial charge is 0.185 e. The molecule has 0 amide bonds. The van der Waals surface area contributed by atoms with E-state index in [0.717, 1.165) is 0 Å². The van der Waals surface area contributed by atoms with E-state index < -0.39 is 30.7 Å². The van der Waals surface area contributed by atoms with Crippen molar-refractivity contribution in [1.82, 2.24) is 0 Å². The molecule has 1 heterocycles. The van der Waals surface area contributed by atoms with E-state index in [1.165, 1.54) is 14.2 Å². The normalized spacial score (nSPS) is 35.7. The van der Waals surface area contributed by atoms with Crippen molar-refractivity contribution in [3.05, 3.63) is 0 Å². The summed E-state index contributed by atoms with van der Waals surface area (Å²) in [5, 5.41) is 19.3. The van der Waals surface area contributed by atoms with E-state index in [4.69, 9.17) is 20.6 Å². The number of terminal acetylenes is 1. The van der Waals surface area contributed by atoms with Gasteiger partial charge in [0.25, 0.3) is 0 Å². The highest BCUT2D eigenvalue weighted by atomic mass is 16.7. The molecule has 5 heteroatoms. The second-order valence-electron chi connectivity index (χ2n) is 3.37. The molecule has 0 spiro atoms. The van der Waals surface area contributed by atoms with Crippen LogP contribution in [-0.4, -0.2) is 55.1 Å². The summed E-state index contributed by atoms with van der Waals surface area (Å²) < 4.78 is 15.3. The molecule has 0 radical (unpaired) electrons. The summed E-state index contributed by atoms with van der Waals surface area (Å²) in [6.45, 7) is 0. The number of aliphatic hydroxyl groups excluding tert-OH is 2. The van der Waals surface area contributed by atoms with Crippen LogP contribution < -0.4 is 0 Å². The van der Waals surface area contributed by atoms with E-state index in [-0.39, 0.29) is 6.42 Å². The van der Waals surface area contributed by atoms with E-state index >= 15 is 0 Å². The van der Waals surface area contributed by atoms with Crippen molar-refractivity contribution in [1.29, 1.82) is 0 Å². The molecule has 0 unspecified atom stereocenters. The van der Waals surface area contributed by atoms with Crippen LogP contribution in [0.4, 0.5) is 0 Å². The first kappa shape index (κ1) is 12.4. The maximum atomic E-state index is 9.68. The molecular formula is C10H16O5. The molecule has 0 bridgehead atoms. The van der Waals surface area contributed by atoms with Crippen LogP contribution in [0.1, 0.15) is 6.42 Å². The van der Waals surface area contributed by atoms with Crippen molar-refractivity contribution < 1.29 is 24.4 Å². The molecule has 0 aliphatic carbocycles. The van der Waals surface area contributed by atoms with Crippen molar-refractivity contribution in [2.75, 3.05) is 14.2 Å². The van der Waals surface area contributed by atoms with Gasteiger partial charge in [0, 0.05) is 20.6 Å². The van der Waals surface area contributed by atoms with Crippen LogP contribution in [0.3, 0.4) is 0 Å². The van der Waals surface area contributed by atoms with Crippen molar-refractivity contribution in [2.24, 2.45) is 0 Å². The minimum atomic E-state index is -1.05. The Labute approximate surface area is 88.9 Å². The fourth-order valence-corrected chi connectivity index (χ4v) is 1.65. The molecule has 2 N–H and O–H groups in total. The van der Waals surface area contributed by atoms with Crippen molar-refractivity contribution in [3.63, 3.8) is 0 Å². The molecule has 0 aromatic rings. The maximum absolute atomic E-state index is 9.68. The van der Waals surface area contributed by atoms with Gasteiger partial charge < -0.3 is 24.4 Å². The van der Waals surface area contributed by atoms with Gasteiger partial charge in [-0.25, -0.2) is 0 Å². The lowest BCUT2D eigenvalue weighted by Gasteiger charge is -2.22. The minimum Gasteiger partial charge on any atom is -0.388 e. The molecule has 1 rings (SSSR count). The lowest BCUT2D eigenvalue weighted by atomic mass is 10.1. The monoisotopic (exact) mass is 216 g/mol. The van der Waals surface area contributed by atoms with Crippen LogP contribution in [0.5, 0.6) is 0 Å². The van der Waals surface area contributed by atoms with Gasteiger partial charge in [0.05, 0.1) is 6.10 Å². The fraction of sp³-hybridized carbons (Fsp3) is 0.800. The topological polar surface area (TPSA) is 68.2 Å². The Morgan fingerprint density at radius 3 is 2.40 bits per heavy atom. The van der Waals surface area contributed by atoms with Gasteiger partial charge in [0.15, 0.2) is 6.29 Å². The molecular weight excluding hydrogens is 200 g/mol. The summed E-state index contributed by atoms with van der Waals surface area (Å²) in [6, 6.07) is 0. The van der Waals surface area contributed by atoms with Gasteiger partial charge in [-0.15, -0.1) is 12.3 Å². The average molecular weight is 216 g/mol. The number of aliphatic hydroxyl groups is 2. The Bertz CT molecular complexity index is 232. The second kappa shape index (κ2) is 5.45. The largest absolute Gasteiger partial charge is 0.388 e. The van der Waals surface area contributed by atoms with E-state index in [9.17, 15) is 10.2 Å². The minimum absolute atomic E-state index is 0.245. The first-order chi connectivity index (χ1) is 7.15. The quantitative estimate of drug-likeness (QED) is 0.472. The number of rotatable bonds is 4. The number of hydrogen-bond donors (Lipinski definition) is 2. The third-order valence-corrected chi connectivity index (χ3v) is 2.45. The van der Waals surface area contributed by atoms with Crippen molar-refractivity contribution in [3.8, 4) is 12.3 Å². The van der Waals surface area contributed by atoms with Gasteiger partial charge in [0.2, 0.25) is 0 Å². The summed E-state index contributed by atoms with van der Waals surface area (Å²) >= 11 is 0. The molecule has 4 atom stereocenters. The Hall–Kier alpha value is -0.640. The van der Waals surface area contributed by atoms with E-state index in [0.29, 0.717) is 0 Å². The van der Waals surface area contributed by atoms with Crippen LogP contribution in [0.15, 0.2) is 0 Å². The molecule has 0 aromatic carbocycles. The molecule has 1 aliphatic heterocycles. The highest BCUT2D eigenvalue weighted by molar-refractivity contribution is 4.98. The van der Waals surface area contributed by atoms with Gasteiger partial charge >= 0.3 is 0 Å². The Kier molecular flexibility index (Phi) is 4.51. The van der Waals surface area contributed by atoms with Crippen molar-refractivity contribution >= 4 is 0 Å². The zero-order valence-corrected chi connectivity index (χ0v) is 8.79. The summed E-state index contributed by atoms with van der Waals surface area (Å²) in [5.41, 5.74) is 0. The molecule has 15 heavy (non-hydrogen) atoms. The van der Waals surface area contributed by atoms with Crippen LogP contribution in [-0.2, 0) is 14.2 Å². The predicted molar refractivity (Wildman–Crippen MR) is 51.9 cm³/mol. The van der Waals surface area contributed by atoms with Gasteiger partial charge in [-0.3, -0.25) is 0 Å². The molecule has 0 aromatic heterocycles. The Balaban J connectivity index is 2.66. The standard InChI is InChI=1S/C10H16O5/c1-4-5-6-7(11)8(12)9(15-6)10(13-2)14-3/h1,6-12H,5H2,2-3H3/t6-,7+,8-,9-/m0/s1. The first-order valence-electron chi connectivity index (χ1n) is 4.66. The van der Waals surface area contributed by atoms with Crippen LogP contribution in [0.2, 0.25) is 0 Å². The third-order valence-electron chi connectivity index (χ3n) is 2.45. The van der Waals surface area contributed by atoms with E-state index in [1.807, 2.05) is 0 Å². The molecule has 0 saturated carbocycles. The Morgan fingerprint density at radius 1 is 1.33 bits per heavy atom. The van der Waals surface area contributed by atoms with Crippen LogP contribution in [0, 0.1) is 12.3 Å². The zero-order valence-electron chi connectivity index (χ0n) is 8.79. The van der Waals surface area contributed by atoms with Gasteiger partial charge in [-0.05, 0) is 0 Å².